The highest BCUT2D eigenvalue weighted by Crippen LogP contribution is 2.39. The molecule has 2 aliphatic rings. The van der Waals surface area contributed by atoms with E-state index in [1.165, 1.54) is 18.4 Å². The fourth-order valence-corrected chi connectivity index (χ4v) is 5.11. The van der Waals surface area contributed by atoms with E-state index in [-0.39, 0.29) is 11.8 Å². The monoisotopic (exact) mass is 428 g/mol. The molecule has 6 nitrogen and oxygen atoms in total. The molecule has 1 saturated carbocycles. The standard InChI is InChI=1S/C25H36N2O4/c1-27(2)17-20-9-4-5-12-22(20)19-10-8-11-21(15-19)31-24(30)26-18-25(16-23(28)29)13-6-3-7-14-25/h8,10-12,15,20H,3-7,9,13-14,16-18H2,1-2H3,(H,26,30)(H,28,29). The molecule has 0 spiro atoms. The number of carbonyl (C=O) groups is 2. The van der Waals surface area contributed by atoms with Gasteiger partial charge in [-0.05, 0) is 80.8 Å². The summed E-state index contributed by atoms with van der Waals surface area (Å²) in [5.41, 5.74) is 2.07. The summed E-state index contributed by atoms with van der Waals surface area (Å²) in [5.74, 6) is 0.189. The van der Waals surface area contributed by atoms with Gasteiger partial charge in [-0.3, -0.25) is 4.79 Å². The molecular weight excluding hydrogens is 392 g/mol. The summed E-state index contributed by atoms with van der Waals surface area (Å²) >= 11 is 0. The third-order valence-electron chi connectivity index (χ3n) is 6.57. The van der Waals surface area contributed by atoms with Gasteiger partial charge in [0.15, 0.2) is 0 Å². The van der Waals surface area contributed by atoms with Crippen molar-refractivity contribution in [2.45, 2.75) is 57.8 Å². The number of carbonyl (C=O) groups excluding carboxylic acids is 1. The van der Waals surface area contributed by atoms with Crippen molar-refractivity contribution in [3.05, 3.63) is 35.9 Å². The van der Waals surface area contributed by atoms with Crippen LogP contribution in [0.2, 0.25) is 0 Å². The van der Waals surface area contributed by atoms with Crippen LogP contribution in [0.25, 0.3) is 5.57 Å². The Morgan fingerprint density at radius 3 is 2.68 bits per heavy atom. The number of carboxylic acids is 1. The second-order valence-corrected chi connectivity index (χ2v) is 9.45. The van der Waals surface area contributed by atoms with Gasteiger partial charge in [0.25, 0.3) is 0 Å². The van der Waals surface area contributed by atoms with E-state index in [1.807, 2.05) is 12.1 Å². The Morgan fingerprint density at radius 1 is 1.19 bits per heavy atom. The van der Waals surface area contributed by atoms with E-state index in [9.17, 15) is 14.7 Å². The maximum absolute atomic E-state index is 12.5. The number of ether oxygens (including phenoxy) is 1. The molecule has 2 N–H and O–H groups in total. The lowest BCUT2D eigenvalue weighted by molar-refractivity contribution is -0.140. The largest absolute Gasteiger partial charge is 0.481 e. The molecule has 0 saturated heterocycles. The van der Waals surface area contributed by atoms with Crippen molar-refractivity contribution in [1.29, 1.82) is 0 Å². The number of allylic oxidation sites excluding steroid dienone is 1. The molecule has 2 aliphatic carbocycles. The van der Waals surface area contributed by atoms with Crippen molar-refractivity contribution in [2.24, 2.45) is 11.3 Å². The van der Waals surface area contributed by atoms with Crippen molar-refractivity contribution in [3.8, 4) is 5.75 Å². The Morgan fingerprint density at radius 2 is 1.97 bits per heavy atom. The van der Waals surface area contributed by atoms with Gasteiger partial charge in [0, 0.05) is 13.1 Å². The quantitative estimate of drug-likeness (QED) is 0.613. The number of aliphatic carboxylic acids is 1. The predicted molar refractivity (Wildman–Crippen MR) is 122 cm³/mol. The first-order chi connectivity index (χ1) is 14.9. The van der Waals surface area contributed by atoms with Crippen LogP contribution in [-0.4, -0.2) is 49.3 Å². The lowest BCUT2D eigenvalue weighted by atomic mass is 9.72. The number of nitrogens with zero attached hydrogens (tertiary/aromatic N) is 1. The lowest BCUT2D eigenvalue weighted by Gasteiger charge is -2.36. The third kappa shape index (κ3) is 6.82. The molecule has 6 heteroatoms. The van der Waals surface area contributed by atoms with Crippen molar-refractivity contribution in [2.75, 3.05) is 27.2 Å². The molecule has 31 heavy (non-hydrogen) atoms. The molecule has 0 aliphatic heterocycles. The smallest absolute Gasteiger partial charge is 0.412 e. The van der Waals surface area contributed by atoms with Crippen LogP contribution >= 0.6 is 0 Å². The summed E-state index contributed by atoms with van der Waals surface area (Å²) in [6.07, 6.45) is 10.1. The average molecular weight is 429 g/mol. The van der Waals surface area contributed by atoms with Crippen LogP contribution in [0.3, 0.4) is 0 Å². The van der Waals surface area contributed by atoms with Gasteiger partial charge in [-0.2, -0.15) is 0 Å². The molecule has 1 unspecified atom stereocenters. The van der Waals surface area contributed by atoms with E-state index in [4.69, 9.17) is 4.74 Å². The van der Waals surface area contributed by atoms with Gasteiger partial charge in [-0.15, -0.1) is 0 Å². The van der Waals surface area contributed by atoms with Gasteiger partial charge in [-0.1, -0.05) is 37.5 Å². The first kappa shape index (κ1) is 23.3. The van der Waals surface area contributed by atoms with E-state index < -0.39 is 12.1 Å². The third-order valence-corrected chi connectivity index (χ3v) is 6.57. The van der Waals surface area contributed by atoms with Gasteiger partial charge in [0.2, 0.25) is 0 Å². The topological polar surface area (TPSA) is 78.9 Å². The van der Waals surface area contributed by atoms with E-state index in [2.05, 4.69) is 36.5 Å². The minimum absolute atomic E-state index is 0.0875. The van der Waals surface area contributed by atoms with Crippen LogP contribution in [0.1, 0.15) is 63.4 Å². The Bertz CT molecular complexity index is 796. The minimum Gasteiger partial charge on any atom is -0.481 e. The van der Waals surface area contributed by atoms with E-state index in [0.29, 0.717) is 18.2 Å². The number of benzene rings is 1. The predicted octanol–water partition coefficient (Wildman–Crippen LogP) is 4.95. The minimum atomic E-state index is -0.808. The Labute approximate surface area is 185 Å². The summed E-state index contributed by atoms with van der Waals surface area (Å²) in [7, 11) is 4.19. The number of nitrogens with one attached hydrogen (secondary N) is 1. The zero-order chi connectivity index (χ0) is 22.3. The maximum atomic E-state index is 12.5. The molecule has 0 aromatic heterocycles. The van der Waals surface area contributed by atoms with Crippen LogP contribution in [0.4, 0.5) is 4.79 Å². The number of carboxylic acid groups (broad SMARTS) is 1. The lowest BCUT2D eigenvalue weighted by Crippen LogP contribution is -2.41. The normalized spacial score (nSPS) is 20.7. The second-order valence-electron chi connectivity index (χ2n) is 9.45. The van der Waals surface area contributed by atoms with Gasteiger partial charge >= 0.3 is 12.1 Å². The highest BCUT2D eigenvalue weighted by molar-refractivity contribution is 5.73. The Hall–Kier alpha value is -2.34. The molecule has 1 aromatic rings. The number of amides is 1. The summed E-state index contributed by atoms with van der Waals surface area (Å²) < 4.78 is 5.57. The summed E-state index contributed by atoms with van der Waals surface area (Å²) in [4.78, 5) is 26.0. The SMILES string of the molecule is CN(C)CC1CCCC=C1c1cccc(OC(=O)NCC2(CC(=O)O)CCCCC2)c1. The van der Waals surface area contributed by atoms with Crippen molar-refractivity contribution < 1.29 is 19.4 Å². The molecular formula is C25H36N2O4. The van der Waals surface area contributed by atoms with Crippen LogP contribution in [0, 0.1) is 11.3 Å². The zero-order valence-electron chi connectivity index (χ0n) is 18.9. The van der Waals surface area contributed by atoms with Crippen LogP contribution in [0.5, 0.6) is 5.75 Å². The zero-order valence-corrected chi connectivity index (χ0v) is 18.9. The fourth-order valence-electron chi connectivity index (χ4n) is 5.11. The van der Waals surface area contributed by atoms with E-state index in [0.717, 1.165) is 50.6 Å². The molecule has 0 bridgehead atoms. The Kier molecular flexibility index (Phi) is 8.13. The molecule has 0 radical (unpaired) electrons. The molecule has 1 fully saturated rings. The van der Waals surface area contributed by atoms with Crippen molar-refractivity contribution >= 4 is 17.6 Å². The summed E-state index contributed by atoms with van der Waals surface area (Å²) in [6.45, 7) is 1.34. The number of rotatable bonds is 8. The number of hydrogen-bond acceptors (Lipinski definition) is 4. The fraction of sp³-hybridized carbons (Fsp3) is 0.600. The van der Waals surface area contributed by atoms with E-state index >= 15 is 0 Å². The van der Waals surface area contributed by atoms with Gasteiger partial charge in [0.1, 0.15) is 5.75 Å². The molecule has 1 amide bonds. The number of hydrogen-bond donors (Lipinski definition) is 2. The molecule has 170 valence electrons. The maximum Gasteiger partial charge on any atom is 0.412 e. The molecule has 0 heterocycles. The van der Waals surface area contributed by atoms with Crippen LogP contribution in [-0.2, 0) is 4.79 Å². The summed E-state index contributed by atoms with van der Waals surface area (Å²) in [6, 6.07) is 7.73. The van der Waals surface area contributed by atoms with Gasteiger partial charge in [0.05, 0.1) is 6.42 Å². The average Bonchev–Trinajstić information content (AvgIpc) is 2.73. The van der Waals surface area contributed by atoms with Crippen LogP contribution in [0.15, 0.2) is 30.3 Å². The van der Waals surface area contributed by atoms with Crippen molar-refractivity contribution in [1.82, 2.24) is 10.2 Å². The molecule has 3 rings (SSSR count). The first-order valence-electron chi connectivity index (χ1n) is 11.5. The highest BCUT2D eigenvalue weighted by Gasteiger charge is 2.35. The van der Waals surface area contributed by atoms with Crippen LogP contribution < -0.4 is 10.1 Å². The molecule has 1 atom stereocenters. The van der Waals surface area contributed by atoms with Gasteiger partial charge < -0.3 is 20.1 Å². The highest BCUT2D eigenvalue weighted by atomic mass is 16.6. The Balaban J connectivity index is 1.63. The van der Waals surface area contributed by atoms with Crippen molar-refractivity contribution in [3.63, 3.8) is 0 Å². The molecule has 1 aromatic carbocycles. The first-order valence-corrected chi connectivity index (χ1v) is 11.5. The van der Waals surface area contributed by atoms with E-state index in [1.54, 1.807) is 6.07 Å². The van der Waals surface area contributed by atoms with Gasteiger partial charge in [-0.25, -0.2) is 4.79 Å². The second kappa shape index (κ2) is 10.8. The summed E-state index contributed by atoms with van der Waals surface area (Å²) in [5, 5.41) is 12.1.